The zero-order valence-corrected chi connectivity index (χ0v) is 12.6. The van der Waals surface area contributed by atoms with Crippen LogP contribution in [0.3, 0.4) is 0 Å². The van der Waals surface area contributed by atoms with Gasteiger partial charge in [0.15, 0.2) is 0 Å². The van der Waals surface area contributed by atoms with Crippen molar-refractivity contribution in [1.82, 2.24) is 4.90 Å². The van der Waals surface area contributed by atoms with E-state index in [1.807, 2.05) is 12.1 Å². The quantitative estimate of drug-likeness (QED) is 0.648. The normalized spacial score (nSPS) is 23.5. The fourth-order valence-electron chi connectivity index (χ4n) is 3.48. The van der Waals surface area contributed by atoms with Crippen LogP contribution in [0.25, 0.3) is 0 Å². The largest absolute Gasteiger partial charge is 0.384 e. The lowest BCUT2D eigenvalue weighted by atomic mass is 10.1. The number of aryl methyl sites for hydroxylation is 1. The number of hydrogen-bond acceptors (Lipinski definition) is 4. The molecule has 0 aromatic heterocycles. The van der Waals surface area contributed by atoms with Gasteiger partial charge in [-0.3, -0.25) is 10.3 Å². The van der Waals surface area contributed by atoms with Gasteiger partial charge in [-0.15, -0.1) is 0 Å². The van der Waals surface area contributed by atoms with Crippen LogP contribution in [0.5, 0.6) is 0 Å². The molecular formula is C16H24N4O. The van der Waals surface area contributed by atoms with E-state index < -0.39 is 0 Å². The molecule has 3 N–H and O–H groups in total. The van der Waals surface area contributed by atoms with Crippen LogP contribution in [-0.4, -0.2) is 56.2 Å². The summed E-state index contributed by atoms with van der Waals surface area (Å²) >= 11 is 0. The molecule has 21 heavy (non-hydrogen) atoms. The van der Waals surface area contributed by atoms with Gasteiger partial charge < -0.3 is 15.4 Å². The molecule has 0 amide bonds. The lowest BCUT2D eigenvalue weighted by molar-refractivity contribution is 0.0209. The smallest absolute Gasteiger partial charge is 0.124 e. The number of ether oxygens (including phenoxy) is 1. The van der Waals surface area contributed by atoms with Crippen molar-refractivity contribution < 1.29 is 4.74 Å². The summed E-state index contributed by atoms with van der Waals surface area (Å²) in [6, 6.07) is 6.62. The van der Waals surface area contributed by atoms with E-state index in [1.54, 1.807) is 0 Å². The van der Waals surface area contributed by atoms with Crippen molar-refractivity contribution in [3.63, 3.8) is 0 Å². The minimum absolute atomic E-state index is 0.156. The summed E-state index contributed by atoms with van der Waals surface area (Å²) in [7, 11) is 0. The van der Waals surface area contributed by atoms with E-state index in [0.29, 0.717) is 6.04 Å². The Hall–Kier alpha value is -1.59. The Morgan fingerprint density at radius 3 is 2.76 bits per heavy atom. The Bertz CT molecular complexity index is 525. The minimum Gasteiger partial charge on any atom is -0.384 e. The molecule has 5 heteroatoms. The maximum absolute atomic E-state index is 7.81. The van der Waals surface area contributed by atoms with Crippen LogP contribution in [-0.2, 0) is 4.74 Å². The lowest BCUT2D eigenvalue weighted by Crippen LogP contribution is -2.44. The third-order valence-electron chi connectivity index (χ3n) is 4.57. The molecule has 0 bridgehead atoms. The predicted molar refractivity (Wildman–Crippen MR) is 85.2 cm³/mol. The Balaban J connectivity index is 1.78. The van der Waals surface area contributed by atoms with Crippen molar-refractivity contribution in [2.75, 3.05) is 44.3 Å². The molecule has 1 aromatic rings. The van der Waals surface area contributed by atoms with Gasteiger partial charge in [-0.2, -0.15) is 0 Å². The van der Waals surface area contributed by atoms with Gasteiger partial charge in [-0.05, 0) is 25.0 Å². The summed E-state index contributed by atoms with van der Waals surface area (Å²) in [4.78, 5) is 4.93. The van der Waals surface area contributed by atoms with E-state index in [2.05, 4.69) is 22.8 Å². The molecule has 1 unspecified atom stereocenters. The summed E-state index contributed by atoms with van der Waals surface area (Å²) in [5.74, 6) is 0.156. The van der Waals surface area contributed by atoms with E-state index in [0.717, 1.165) is 50.6 Å². The highest BCUT2D eigenvalue weighted by atomic mass is 16.5. The molecular weight excluding hydrogens is 264 g/mol. The van der Waals surface area contributed by atoms with Crippen LogP contribution in [0.4, 0.5) is 5.69 Å². The molecule has 0 radical (unpaired) electrons. The highest BCUT2D eigenvalue weighted by Crippen LogP contribution is 2.29. The summed E-state index contributed by atoms with van der Waals surface area (Å²) < 4.78 is 5.44. The second-order valence-corrected chi connectivity index (χ2v) is 5.92. The molecule has 3 rings (SSSR count). The predicted octanol–water partition coefficient (Wildman–Crippen LogP) is 1.19. The highest BCUT2D eigenvalue weighted by molar-refractivity contribution is 6.01. The van der Waals surface area contributed by atoms with Crippen LogP contribution in [0.1, 0.15) is 17.5 Å². The Labute approximate surface area is 126 Å². The minimum atomic E-state index is 0.156. The topological polar surface area (TPSA) is 65.6 Å². The van der Waals surface area contributed by atoms with E-state index in [1.165, 1.54) is 12.0 Å². The summed E-state index contributed by atoms with van der Waals surface area (Å²) in [6.07, 6.45) is 1.17. The maximum atomic E-state index is 7.81. The Kier molecular flexibility index (Phi) is 4.12. The Morgan fingerprint density at radius 1 is 1.29 bits per heavy atom. The fraction of sp³-hybridized carbons (Fsp3) is 0.562. The lowest BCUT2D eigenvalue weighted by Gasteiger charge is -2.32. The number of nitrogen functional groups attached to an aromatic ring is 1. The van der Waals surface area contributed by atoms with Crippen molar-refractivity contribution in [3.8, 4) is 0 Å². The number of amidine groups is 1. The number of nitrogens with one attached hydrogen (secondary N) is 1. The molecule has 2 saturated heterocycles. The molecule has 2 aliphatic heterocycles. The van der Waals surface area contributed by atoms with Crippen molar-refractivity contribution in [1.29, 1.82) is 5.41 Å². The van der Waals surface area contributed by atoms with Gasteiger partial charge in [0, 0.05) is 37.8 Å². The SMILES string of the molecule is Cc1cccc(C(=N)N)c1N1CCC(N2CCOCC2)C1. The summed E-state index contributed by atoms with van der Waals surface area (Å²) in [5, 5.41) is 7.81. The molecule has 0 aliphatic carbocycles. The van der Waals surface area contributed by atoms with Crippen LogP contribution in [0, 0.1) is 12.3 Å². The summed E-state index contributed by atoms with van der Waals surface area (Å²) in [6.45, 7) is 7.92. The third kappa shape index (κ3) is 2.89. The molecule has 1 aromatic carbocycles. The first kappa shape index (κ1) is 14.4. The molecule has 2 heterocycles. The number of benzene rings is 1. The van der Waals surface area contributed by atoms with Crippen LogP contribution in [0.15, 0.2) is 18.2 Å². The number of hydrogen-bond donors (Lipinski definition) is 2. The molecule has 0 saturated carbocycles. The molecule has 114 valence electrons. The number of nitrogens with zero attached hydrogens (tertiary/aromatic N) is 2. The second kappa shape index (κ2) is 6.03. The number of nitrogens with two attached hydrogens (primary N) is 1. The molecule has 0 spiro atoms. The number of morpholine rings is 1. The van der Waals surface area contributed by atoms with Gasteiger partial charge in [0.25, 0.3) is 0 Å². The first-order chi connectivity index (χ1) is 10.2. The average Bonchev–Trinajstić information content (AvgIpc) is 2.97. The van der Waals surface area contributed by atoms with E-state index in [-0.39, 0.29) is 5.84 Å². The zero-order valence-electron chi connectivity index (χ0n) is 12.6. The van der Waals surface area contributed by atoms with Gasteiger partial charge in [-0.1, -0.05) is 12.1 Å². The van der Waals surface area contributed by atoms with Crippen LogP contribution < -0.4 is 10.6 Å². The molecule has 1 atom stereocenters. The number of para-hydroxylation sites is 1. The van der Waals surface area contributed by atoms with Gasteiger partial charge >= 0.3 is 0 Å². The van der Waals surface area contributed by atoms with Crippen molar-refractivity contribution in [3.05, 3.63) is 29.3 Å². The first-order valence-electron chi connectivity index (χ1n) is 7.67. The van der Waals surface area contributed by atoms with Crippen LogP contribution in [0.2, 0.25) is 0 Å². The summed E-state index contributed by atoms with van der Waals surface area (Å²) in [5.41, 5.74) is 8.96. The second-order valence-electron chi connectivity index (χ2n) is 5.92. The third-order valence-corrected chi connectivity index (χ3v) is 4.57. The monoisotopic (exact) mass is 288 g/mol. The average molecular weight is 288 g/mol. The fourth-order valence-corrected chi connectivity index (χ4v) is 3.48. The maximum Gasteiger partial charge on any atom is 0.124 e. The number of rotatable bonds is 3. The van der Waals surface area contributed by atoms with E-state index >= 15 is 0 Å². The zero-order chi connectivity index (χ0) is 14.8. The van der Waals surface area contributed by atoms with E-state index in [9.17, 15) is 0 Å². The van der Waals surface area contributed by atoms with E-state index in [4.69, 9.17) is 15.9 Å². The Morgan fingerprint density at radius 2 is 2.05 bits per heavy atom. The van der Waals surface area contributed by atoms with Gasteiger partial charge in [-0.25, -0.2) is 0 Å². The molecule has 5 nitrogen and oxygen atoms in total. The van der Waals surface area contributed by atoms with Crippen LogP contribution >= 0.6 is 0 Å². The van der Waals surface area contributed by atoms with Crippen molar-refractivity contribution >= 4 is 11.5 Å². The molecule has 2 aliphatic rings. The van der Waals surface area contributed by atoms with Crippen molar-refractivity contribution in [2.45, 2.75) is 19.4 Å². The first-order valence-corrected chi connectivity index (χ1v) is 7.67. The van der Waals surface area contributed by atoms with Gasteiger partial charge in [0.1, 0.15) is 5.84 Å². The number of anilines is 1. The molecule has 2 fully saturated rings. The standard InChI is InChI=1S/C16H24N4O/c1-12-3-2-4-14(16(17)18)15(12)20-6-5-13(11-20)19-7-9-21-10-8-19/h2-4,13H,5-11H2,1H3,(H3,17,18). The van der Waals surface area contributed by atoms with Gasteiger partial charge in [0.2, 0.25) is 0 Å². The van der Waals surface area contributed by atoms with Gasteiger partial charge in [0.05, 0.1) is 18.9 Å². The van der Waals surface area contributed by atoms with Crippen molar-refractivity contribution in [2.24, 2.45) is 5.73 Å². The highest BCUT2D eigenvalue weighted by Gasteiger charge is 2.30.